The van der Waals surface area contributed by atoms with E-state index in [0.29, 0.717) is 35.1 Å². The summed E-state index contributed by atoms with van der Waals surface area (Å²) >= 11 is 0. The third kappa shape index (κ3) is 9.23. The van der Waals surface area contributed by atoms with Crippen molar-refractivity contribution in [3.8, 4) is 22.5 Å². The summed E-state index contributed by atoms with van der Waals surface area (Å²) in [6, 6.07) is 24.3. The van der Waals surface area contributed by atoms with Crippen molar-refractivity contribution in [1.29, 1.82) is 0 Å². The second-order valence-electron chi connectivity index (χ2n) is 11.3. The van der Waals surface area contributed by atoms with Crippen LogP contribution < -0.4 is 4.90 Å². The van der Waals surface area contributed by atoms with Gasteiger partial charge < -0.3 is 4.90 Å². The van der Waals surface area contributed by atoms with Gasteiger partial charge in [-0.25, -0.2) is 17.6 Å². The Kier molecular flexibility index (Phi) is 13.6. The average Bonchev–Trinajstić information content (AvgIpc) is 3.04. The predicted molar refractivity (Wildman–Crippen MR) is 187 cm³/mol. The topological polar surface area (TPSA) is 32.3 Å². The van der Waals surface area contributed by atoms with Gasteiger partial charge >= 0.3 is 0 Å². The van der Waals surface area contributed by atoms with Crippen LogP contribution in [0, 0.1) is 30.2 Å². The van der Waals surface area contributed by atoms with Crippen LogP contribution in [-0.2, 0) is 13.1 Å². The summed E-state index contributed by atoms with van der Waals surface area (Å²) in [6.07, 6.45) is 5.33. The van der Waals surface area contributed by atoms with Crippen LogP contribution in [0.3, 0.4) is 0 Å². The highest BCUT2D eigenvalue weighted by Crippen LogP contribution is 2.29. The second kappa shape index (κ2) is 16.9. The fraction of sp³-hybridized carbons (Fsp3) is 0.222. The molecule has 6 rings (SSSR count). The fourth-order valence-corrected chi connectivity index (χ4v) is 5.78. The number of benzene rings is 3. The number of halogens is 7. The number of aryl methyl sites for hydroxylation is 1. The number of anilines is 1. The summed E-state index contributed by atoms with van der Waals surface area (Å²) < 4.78 is 54.7. The Labute approximate surface area is 291 Å². The van der Waals surface area contributed by atoms with Crippen LogP contribution in [-0.4, -0.2) is 34.0 Å². The van der Waals surface area contributed by atoms with E-state index in [1.54, 1.807) is 24.5 Å². The molecule has 0 N–H and O–H groups in total. The van der Waals surface area contributed by atoms with Crippen LogP contribution in [0.25, 0.3) is 22.5 Å². The highest BCUT2D eigenvalue weighted by molar-refractivity contribution is 5.86. The van der Waals surface area contributed by atoms with Gasteiger partial charge in [0.2, 0.25) is 0 Å². The zero-order valence-electron chi connectivity index (χ0n) is 25.6. The molecule has 0 spiro atoms. The lowest BCUT2D eigenvalue weighted by Crippen LogP contribution is -2.44. The minimum absolute atomic E-state index is 0. The third-order valence-corrected chi connectivity index (χ3v) is 8.20. The number of likely N-dealkylation sites (tertiary alicyclic amines) is 1. The molecule has 4 nitrogen and oxygen atoms in total. The van der Waals surface area contributed by atoms with Crippen molar-refractivity contribution in [2.45, 2.75) is 38.9 Å². The molecule has 5 aromatic rings. The summed E-state index contributed by atoms with van der Waals surface area (Å²) in [4.78, 5) is 13.6. The van der Waals surface area contributed by atoms with Crippen molar-refractivity contribution in [2.75, 3.05) is 18.0 Å². The lowest BCUT2D eigenvalue weighted by molar-refractivity contribution is 0.201. The Bertz CT molecular complexity index is 1770. The number of nitrogens with zero attached hydrogens (tertiary/aromatic N) is 4. The van der Waals surface area contributed by atoms with Crippen LogP contribution in [0.5, 0.6) is 0 Å². The third-order valence-electron chi connectivity index (χ3n) is 8.20. The largest absolute Gasteiger partial charge is 0.364 e. The summed E-state index contributed by atoms with van der Waals surface area (Å²) in [5.41, 5.74) is 6.70. The molecule has 0 saturated carbocycles. The molecule has 248 valence electrons. The Hall–Kier alpha value is -3.69. The van der Waals surface area contributed by atoms with Gasteiger partial charge in [0.1, 0.15) is 0 Å². The Morgan fingerprint density at radius 2 is 1.15 bits per heavy atom. The van der Waals surface area contributed by atoms with Crippen LogP contribution in [0.15, 0.2) is 97.3 Å². The Balaban J connectivity index is 0.00000200. The maximum Gasteiger partial charge on any atom is 0.159 e. The van der Waals surface area contributed by atoms with Gasteiger partial charge in [0.25, 0.3) is 0 Å². The highest BCUT2D eigenvalue weighted by atomic mass is 35.5. The molecule has 1 aliphatic rings. The van der Waals surface area contributed by atoms with E-state index in [1.807, 2.05) is 24.3 Å². The van der Waals surface area contributed by atoms with Crippen LogP contribution in [0.1, 0.15) is 29.5 Å². The Morgan fingerprint density at radius 3 is 1.68 bits per heavy atom. The minimum Gasteiger partial charge on any atom is -0.364 e. The molecule has 1 fully saturated rings. The van der Waals surface area contributed by atoms with Crippen molar-refractivity contribution < 1.29 is 17.6 Å². The fourth-order valence-electron chi connectivity index (χ4n) is 5.78. The van der Waals surface area contributed by atoms with Crippen LogP contribution in [0.4, 0.5) is 23.2 Å². The number of rotatable bonds is 8. The average molecular weight is 706 g/mol. The quantitative estimate of drug-likeness (QED) is 0.151. The van der Waals surface area contributed by atoms with Gasteiger partial charge in [-0.1, -0.05) is 17.7 Å². The van der Waals surface area contributed by atoms with Gasteiger partial charge in [0.15, 0.2) is 23.3 Å². The van der Waals surface area contributed by atoms with Gasteiger partial charge in [0, 0.05) is 61.4 Å². The lowest BCUT2D eigenvalue weighted by Gasteiger charge is -2.40. The summed E-state index contributed by atoms with van der Waals surface area (Å²) in [6.45, 7) is 5.24. The van der Waals surface area contributed by atoms with E-state index in [0.717, 1.165) is 61.4 Å². The smallest absolute Gasteiger partial charge is 0.159 e. The van der Waals surface area contributed by atoms with Crippen molar-refractivity contribution in [3.05, 3.63) is 137 Å². The number of piperidine rings is 1. The number of hydrogen-bond donors (Lipinski definition) is 0. The standard InChI is InChI=1S/C36H32F4N4.3ClH/c1-24-2-6-29(7-3-24)44(23-26-11-15-42-36(19-26)28-5-9-32(38)34(40)21-28)30-12-16-43(17-13-30)22-25-10-14-41-35(18-25)27-4-8-31(37)33(39)20-27;;;/h2-11,14-15,18-21,30H,12-13,16-17,22-23H2,1H3;3*1H. The molecule has 0 radical (unpaired) electrons. The van der Waals surface area contributed by atoms with Gasteiger partial charge in [0.05, 0.1) is 11.4 Å². The van der Waals surface area contributed by atoms with Crippen molar-refractivity contribution in [1.82, 2.24) is 14.9 Å². The monoisotopic (exact) mass is 704 g/mol. The molecule has 0 unspecified atom stereocenters. The first-order valence-electron chi connectivity index (χ1n) is 14.7. The van der Waals surface area contributed by atoms with E-state index in [4.69, 9.17) is 0 Å². The summed E-state index contributed by atoms with van der Waals surface area (Å²) in [7, 11) is 0. The Morgan fingerprint density at radius 1 is 0.638 bits per heavy atom. The van der Waals surface area contributed by atoms with Crippen molar-refractivity contribution >= 4 is 42.9 Å². The first kappa shape index (κ1) is 37.8. The minimum atomic E-state index is -0.893. The number of pyridine rings is 2. The molecule has 0 bridgehead atoms. The molecule has 0 atom stereocenters. The van der Waals surface area contributed by atoms with E-state index in [9.17, 15) is 17.6 Å². The second-order valence-corrected chi connectivity index (χ2v) is 11.3. The first-order chi connectivity index (χ1) is 21.3. The van der Waals surface area contributed by atoms with E-state index in [2.05, 4.69) is 51.0 Å². The van der Waals surface area contributed by atoms with E-state index >= 15 is 0 Å². The zero-order valence-corrected chi connectivity index (χ0v) is 28.0. The molecule has 3 heterocycles. The molecule has 1 aliphatic heterocycles. The summed E-state index contributed by atoms with van der Waals surface area (Å²) in [5.74, 6) is -3.54. The summed E-state index contributed by atoms with van der Waals surface area (Å²) in [5, 5.41) is 0. The van der Waals surface area contributed by atoms with Crippen molar-refractivity contribution in [2.24, 2.45) is 0 Å². The molecule has 0 amide bonds. The molecule has 3 aromatic carbocycles. The molecule has 47 heavy (non-hydrogen) atoms. The molecule has 1 saturated heterocycles. The van der Waals surface area contributed by atoms with Gasteiger partial charge in [-0.15, -0.1) is 37.2 Å². The molecular weight excluding hydrogens is 671 g/mol. The molecule has 11 heteroatoms. The number of aromatic nitrogens is 2. The van der Waals surface area contributed by atoms with Gasteiger partial charge in [-0.05, 0) is 104 Å². The number of hydrogen-bond acceptors (Lipinski definition) is 4. The highest BCUT2D eigenvalue weighted by Gasteiger charge is 2.26. The molecular formula is C36H35Cl3F4N4. The normalized spacial score (nSPS) is 13.2. The maximum atomic E-state index is 13.9. The van der Waals surface area contributed by atoms with E-state index in [-0.39, 0.29) is 37.2 Å². The lowest BCUT2D eigenvalue weighted by atomic mass is 10.00. The predicted octanol–water partition coefficient (Wildman–Crippen LogP) is 9.61. The van der Waals surface area contributed by atoms with Gasteiger partial charge in [-0.3, -0.25) is 14.9 Å². The van der Waals surface area contributed by atoms with Crippen molar-refractivity contribution in [3.63, 3.8) is 0 Å². The first-order valence-corrected chi connectivity index (χ1v) is 14.7. The van der Waals surface area contributed by atoms with E-state index < -0.39 is 23.3 Å². The van der Waals surface area contributed by atoms with Crippen LogP contribution >= 0.6 is 37.2 Å². The van der Waals surface area contributed by atoms with E-state index in [1.165, 1.54) is 17.7 Å². The van der Waals surface area contributed by atoms with Crippen LogP contribution in [0.2, 0.25) is 0 Å². The maximum absolute atomic E-state index is 13.9. The molecule has 2 aromatic heterocycles. The zero-order chi connectivity index (χ0) is 30.6. The molecule has 0 aliphatic carbocycles. The van der Waals surface area contributed by atoms with Gasteiger partial charge in [-0.2, -0.15) is 0 Å². The SMILES string of the molecule is Cc1ccc(N(Cc2ccnc(-c3ccc(F)c(F)c3)c2)C2CCN(Cc3ccnc(-c4ccc(F)c(F)c4)c3)CC2)cc1.Cl.Cl.Cl.